The van der Waals surface area contributed by atoms with Crippen LogP contribution in [0.15, 0.2) is 17.9 Å². The minimum Gasteiger partial charge on any atom is -0.365 e. The highest BCUT2D eigenvalue weighted by atomic mass is 31.0. The molecule has 0 bridgehead atoms. The second-order valence-corrected chi connectivity index (χ2v) is 2.61. The van der Waals surface area contributed by atoms with Gasteiger partial charge in [-0.05, 0) is 11.9 Å². The van der Waals surface area contributed by atoms with Crippen LogP contribution in [0.1, 0.15) is 10.1 Å². The monoisotopic (exact) mass is 127 g/mol. The summed E-state index contributed by atoms with van der Waals surface area (Å²) in [4.78, 5) is 10.3. The molecule has 1 rings (SSSR count). The van der Waals surface area contributed by atoms with E-state index < -0.39 is 0 Å². The summed E-state index contributed by atoms with van der Waals surface area (Å²) in [5.74, 6) is 1.63. The maximum Gasteiger partial charge on any atom is 0.252 e. The van der Waals surface area contributed by atoms with Crippen LogP contribution in [0.5, 0.6) is 0 Å². The number of rotatable bonds is 1. The summed E-state index contributed by atoms with van der Waals surface area (Å²) < 4.78 is 0. The number of amides is 1. The molecule has 1 unspecified atom stereocenters. The molecule has 1 heterocycles. The molecule has 1 atom stereocenters. The SMILES string of the molecule is NC(=O)c1ccc[pH]1. The van der Waals surface area contributed by atoms with E-state index in [1.54, 1.807) is 6.07 Å². The van der Waals surface area contributed by atoms with Crippen molar-refractivity contribution in [2.45, 2.75) is 0 Å². The third-order valence-corrected chi connectivity index (χ3v) is 1.95. The third-order valence-electron chi connectivity index (χ3n) is 0.863. The van der Waals surface area contributed by atoms with Crippen molar-refractivity contribution < 1.29 is 4.79 Å². The van der Waals surface area contributed by atoms with Crippen LogP contribution in [0.3, 0.4) is 0 Å². The summed E-state index contributed by atoms with van der Waals surface area (Å²) in [6, 6.07) is 3.60. The highest BCUT2D eigenvalue weighted by molar-refractivity contribution is 7.31. The van der Waals surface area contributed by atoms with Crippen LogP contribution < -0.4 is 5.73 Å². The molecule has 0 saturated heterocycles. The molecule has 0 fully saturated rings. The summed E-state index contributed by atoms with van der Waals surface area (Å²) in [7, 11) is 0.486. The number of carbonyl (C=O) groups is 1. The first-order valence-electron chi connectivity index (χ1n) is 2.24. The molecule has 0 aliphatic rings. The Labute approximate surface area is 48.8 Å². The molecule has 0 spiro atoms. The van der Waals surface area contributed by atoms with Gasteiger partial charge in [-0.3, -0.25) is 4.79 Å². The van der Waals surface area contributed by atoms with Crippen molar-refractivity contribution in [1.29, 1.82) is 0 Å². The van der Waals surface area contributed by atoms with Gasteiger partial charge in [0.05, 0.1) is 5.30 Å². The van der Waals surface area contributed by atoms with E-state index in [0.717, 1.165) is 5.30 Å². The Morgan fingerprint density at radius 3 is 2.75 bits per heavy atom. The summed E-state index contributed by atoms with van der Waals surface area (Å²) in [6.07, 6.45) is 0. The van der Waals surface area contributed by atoms with Gasteiger partial charge in [0.25, 0.3) is 5.91 Å². The van der Waals surface area contributed by atoms with Crippen LogP contribution in [0.2, 0.25) is 0 Å². The lowest BCUT2D eigenvalue weighted by atomic mass is 10.5. The first kappa shape index (κ1) is 5.39. The molecule has 0 aliphatic carbocycles. The van der Waals surface area contributed by atoms with Gasteiger partial charge < -0.3 is 5.73 Å². The van der Waals surface area contributed by atoms with Crippen molar-refractivity contribution in [1.82, 2.24) is 0 Å². The van der Waals surface area contributed by atoms with Crippen molar-refractivity contribution in [3.05, 3.63) is 23.2 Å². The van der Waals surface area contributed by atoms with Crippen molar-refractivity contribution in [3.63, 3.8) is 0 Å². The van der Waals surface area contributed by atoms with Gasteiger partial charge in [-0.1, -0.05) is 6.07 Å². The van der Waals surface area contributed by atoms with Crippen molar-refractivity contribution in [2.75, 3.05) is 0 Å². The fourth-order valence-corrected chi connectivity index (χ4v) is 1.19. The van der Waals surface area contributed by atoms with Gasteiger partial charge in [-0.15, -0.1) is 8.19 Å². The third kappa shape index (κ3) is 0.903. The summed E-state index contributed by atoms with van der Waals surface area (Å²) in [6.45, 7) is 0. The molecule has 0 radical (unpaired) electrons. The van der Waals surface area contributed by atoms with Crippen LogP contribution in [-0.4, -0.2) is 5.91 Å². The lowest BCUT2D eigenvalue weighted by Crippen LogP contribution is -2.07. The molecule has 2 nitrogen and oxygen atoms in total. The molecule has 0 saturated carbocycles. The average Bonchev–Trinajstić information content (AvgIpc) is 2.12. The maximum absolute atomic E-state index is 10.3. The van der Waals surface area contributed by atoms with E-state index in [-0.39, 0.29) is 5.91 Å². The molecule has 2 N–H and O–H groups in total. The Morgan fingerprint density at radius 2 is 2.50 bits per heavy atom. The predicted octanol–water partition coefficient (Wildman–Crippen LogP) is 0.817. The maximum atomic E-state index is 10.3. The van der Waals surface area contributed by atoms with Crippen LogP contribution in [0.4, 0.5) is 0 Å². The van der Waals surface area contributed by atoms with E-state index in [1.165, 1.54) is 0 Å². The van der Waals surface area contributed by atoms with Gasteiger partial charge >= 0.3 is 0 Å². The predicted molar refractivity (Wildman–Crippen MR) is 34.5 cm³/mol. The van der Waals surface area contributed by atoms with Gasteiger partial charge in [0, 0.05) is 0 Å². The van der Waals surface area contributed by atoms with Crippen LogP contribution >= 0.6 is 8.19 Å². The van der Waals surface area contributed by atoms with E-state index in [9.17, 15) is 4.79 Å². The Kier molecular flexibility index (Phi) is 1.36. The number of primary amides is 1. The Hall–Kier alpha value is -0.750. The number of nitrogens with two attached hydrogens (primary N) is 1. The first-order chi connectivity index (χ1) is 3.80. The lowest BCUT2D eigenvalue weighted by molar-refractivity contribution is 0.100. The van der Waals surface area contributed by atoms with Gasteiger partial charge in [0.1, 0.15) is 0 Å². The highest BCUT2D eigenvalue weighted by Gasteiger charge is 1.94. The molecular weight excluding hydrogens is 121 g/mol. The first-order valence-corrected chi connectivity index (χ1v) is 3.31. The lowest BCUT2D eigenvalue weighted by Gasteiger charge is -1.81. The average molecular weight is 127 g/mol. The minimum absolute atomic E-state index is 0.298. The van der Waals surface area contributed by atoms with Crippen molar-refractivity contribution in [3.8, 4) is 0 Å². The zero-order chi connectivity index (χ0) is 5.98. The molecular formula is C5H6NOP. The second kappa shape index (κ2) is 2.01. The van der Waals surface area contributed by atoms with E-state index in [0.29, 0.717) is 8.19 Å². The largest absolute Gasteiger partial charge is 0.365 e. The fourth-order valence-electron chi connectivity index (χ4n) is 0.484. The topological polar surface area (TPSA) is 43.1 Å². The molecule has 8 heavy (non-hydrogen) atoms. The van der Waals surface area contributed by atoms with E-state index in [2.05, 4.69) is 0 Å². The molecule has 0 aromatic carbocycles. The number of hydrogen-bond donors (Lipinski definition) is 1. The zero-order valence-electron chi connectivity index (χ0n) is 4.22. The molecule has 1 amide bonds. The van der Waals surface area contributed by atoms with Crippen molar-refractivity contribution in [2.24, 2.45) is 5.73 Å². The Morgan fingerprint density at radius 1 is 1.75 bits per heavy atom. The smallest absolute Gasteiger partial charge is 0.252 e. The molecule has 0 aliphatic heterocycles. The number of hydrogen-bond acceptors (Lipinski definition) is 1. The highest BCUT2D eigenvalue weighted by Crippen LogP contribution is 2.12. The van der Waals surface area contributed by atoms with Crippen LogP contribution in [0, 0.1) is 0 Å². The van der Waals surface area contributed by atoms with E-state index in [1.807, 2.05) is 11.9 Å². The van der Waals surface area contributed by atoms with Gasteiger partial charge in [-0.2, -0.15) is 0 Å². The van der Waals surface area contributed by atoms with Gasteiger partial charge in [-0.25, -0.2) is 0 Å². The second-order valence-electron chi connectivity index (χ2n) is 1.45. The summed E-state index contributed by atoms with van der Waals surface area (Å²) in [5.41, 5.74) is 4.96. The minimum atomic E-state index is -0.298. The Bertz CT molecular complexity index is 180. The normalized spacial score (nSPS) is 10.0. The molecule has 3 heteroatoms. The standard InChI is InChI=1S/C5H6NOP/c6-5(7)4-2-1-3-8-4/h1-3,8H,(H2,6,7). The van der Waals surface area contributed by atoms with Crippen LogP contribution in [0.25, 0.3) is 0 Å². The summed E-state index contributed by atoms with van der Waals surface area (Å²) in [5, 5.41) is 0.727. The van der Waals surface area contributed by atoms with Crippen molar-refractivity contribution >= 4 is 14.1 Å². The van der Waals surface area contributed by atoms with E-state index >= 15 is 0 Å². The Balaban J connectivity index is 2.93. The number of carbonyl (C=O) groups excluding carboxylic acids is 1. The van der Waals surface area contributed by atoms with Crippen LogP contribution in [-0.2, 0) is 0 Å². The summed E-state index contributed by atoms with van der Waals surface area (Å²) >= 11 is 0. The fraction of sp³-hybridized carbons (Fsp3) is 0. The van der Waals surface area contributed by atoms with Gasteiger partial charge in [0.2, 0.25) is 0 Å². The quantitative estimate of drug-likeness (QED) is 0.596. The molecule has 42 valence electrons. The molecule has 1 aromatic rings. The molecule has 1 aromatic heterocycles. The van der Waals surface area contributed by atoms with E-state index in [4.69, 9.17) is 5.73 Å². The zero-order valence-corrected chi connectivity index (χ0v) is 5.22. The van der Waals surface area contributed by atoms with Gasteiger partial charge in [0.15, 0.2) is 0 Å².